The Morgan fingerprint density at radius 2 is 1.92 bits per heavy atom. The molecule has 0 aromatic rings. The van der Waals surface area contributed by atoms with Crippen molar-refractivity contribution in [1.82, 2.24) is 0 Å². The standard InChI is InChI=1S/C22H40O3Si/c1-16(12-17(2)14-20-21(15-23)25-20)13-19(4)18(3)10-11-24-26(8,9)22(5,6)7/h13,15,17-18,20-21H,1,10-12,14H2,2-9H3/b19-13+/t17-,18+,20+,21+/m1/s1. The van der Waals surface area contributed by atoms with Crippen LogP contribution in [0.2, 0.25) is 18.1 Å². The quantitative estimate of drug-likeness (QED) is 0.193. The smallest absolute Gasteiger partial charge is 0.191 e. The first-order valence-corrected chi connectivity index (χ1v) is 12.9. The molecule has 1 fully saturated rings. The number of epoxide rings is 1. The maximum Gasteiger partial charge on any atom is 0.191 e. The van der Waals surface area contributed by atoms with E-state index >= 15 is 0 Å². The molecule has 0 aromatic heterocycles. The highest BCUT2D eigenvalue weighted by molar-refractivity contribution is 6.74. The molecule has 1 rings (SSSR count). The van der Waals surface area contributed by atoms with Gasteiger partial charge in [0.15, 0.2) is 14.6 Å². The zero-order valence-corrected chi connectivity index (χ0v) is 19.2. The fourth-order valence-electron chi connectivity index (χ4n) is 2.85. The van der Waals surface area contributed by atoms with Crippen LogP contribution < -0.4 is 0 Å². The lowest BCUT2D eigenvalue weighted by Crippen LogP contribution is -2.41. The molecule has 0 unspecified atom stereocenters. The van der Waals surface area contributed by atoms with Gasteiger partial charge in [-0.3, -0.25) is 0 Å². The largest absolute Gasteiger partial charge is 0.417 e. The number of carbonyl (C=O) groups excluding carboxylic acids is 1. The zero-order chi connectivity index (χ0) is 20.1. The van der Waals surface area contributed by atoms with Crippen molar-refractivity contribution in [2.45, 2.75) is 91.1 Å². The molecule has 1 aliphatic heterocycles. The summed E-state index contributed by atoms with van der Waals surface area (Å²) in [6.07, 6.45) is 6.05. The van der Waals surface area contributed by atoms with Gasteiger partial charge in [0, 0.05) is 6.61 Å². The first-order chi connectivity index (χ1) is 11.9. The maximum absolute atomic E-state index is 10.6. The van der Waals surface area contributed by atoms with Gasteiger partial charge in [-0.1, -0.05) is 58.4 Å². The van der Waals surface area contributed by atoms with Gasteiger partial charge in [0.2, 0.25) is 0 Å². The molecule has 4 heteroatoms. The molecule has 0 N–H and O–H groups in total. The average Bonchev–Trinajstić information content (AvgIpc) is 3.23. The van der Waals surface area contributed by atoms with Crippen molar-refractivity contribution in [2.24, 2.45) is 11.8 Å². The lowest BCUT2D eigenvalue weighted by Gasteiger charge is -2.36. The summed E-state index contributed by atoms with van der Waals surface area (Å²) in [5.41, 5.74) is 2.53. The second-order valence-corrected chi connectivity index (χ2v) is 14.5. The molecule has 0 radical (unpaired) electrons. The van der Waals surface area contributed by atoms with Crippen LogP contribution in [0.15, 0.2) is 23.8 Å². The summed E-state index contributed by atoms with van der Waals surface area (Å²) >= 11 is 0. The fourth-order valence-corrected chi connectivity index (χ4v) is 3.91. The van der Waals surface area contributed by atoms with Gasteiger partial charge >= 0.3 is 0 Å². The molecule has 4 atom stereocenters. The second-order valence-electron chi connectivity index (χ2n) is 9.67. The summed E-state index contributed by atoms with van der Waals surface area (Å²) in [5, 5.41) is 0.264. The molecule has 0 bridgehead atoms. The van der Waals surface area contributed by atoms with E-state index in [9.17, 15) is 4.79 Å². The molecule has 0 amide bonds. The molecule has 150 valence electrons. The predicted octanol–water partition coefficient (Wildman–Crippen LogP) is 5.92. The van der Waals surface area contributed by atoms with E-state index in [0.29, 0.717) is 11.8 Å². The maximum atomic E-state index is 10.6. The minimum Gasteiger partial charge on any atom is -0.417 e. The Hall–Kier alpha value is -0.713. The van der Waals surface area contributed by atoms with Crippen molar-refractivity contribution < 1.29 is 14.0 Å². The number of ether oxygens (including phenoxy) is 1. The SMILES string of the molecule is C=C(/C=C(\C)[C@@H](C)CCO[Si](C)(C)C(C)(C)C)C[C@@H](C)C[C@@H]1O[C@H]1C=O. The minimum absolute atomic E-state index is 0.131. The summed E-state index contributed by atoms with van der Waals surface area (Å²) in [4.78, 5) is 10.6. The number of allylic oxidation sites excluding steroid dienone is 3. The number of carbonyl (C=O) groups is 1. The Bertz CT molecular complexity index is 516. The molecule has 3 nitrogen and oxygen atoms in total. The summed E-state index contributed by atoms with van der Waals surface area (Å²) in [5.74, 6) is 0.983. The van der Waals surface area contributed by atoms with E-state index in [4.69, 9.17) is 9.16 Å². The Balaban J connectivity index is 2.37. The van der Waals surface area contributed by atoms with Gasteiger partial charge in [0.25, 0.3) is 0 Å². The Kier molecular flexibility index (Phi) is 8.50. The van der Waals surface area contributed by atoms with Crippen molar-refractivity contribution >= 4 is 14.6 Å². The van der Waals surface area contributed by atoms with Gasteiger partial charge in [-0.05, 0) is 56.2 Å². The van der Waals surface area contributed by atoms with Gasteiger partial charge in [-0.15, -0.1) is 0 Å². The van der Waals surface area contributed by atoms with Crippen LogP contribution in [0.5, 0.6) is 0 Å². The van der Waals surface area contributed by atoms with E-state index in [2.05, 4.69) is 67.3 Å². The van der Waals surface area contributed by atoms with E-state index in [1.165, 1.54) is 5.57 Å². The van der Waals surface area contributed by atoms with Crippen LogP contribution in [-0.2, 0) is 14.0 Å². The third kappa shape index (κ3) is 7.49. The highest BCUT2D eigenvalue weighted by Crippen LogP contribution is 2.37. The summed E-state index contributed by atoms with van der Waals surface area (Å²) in [6, 6.07) is 0. The van der Waals surface area contributed by atoms with Crippen molar-refractivity contribution in [3.63, 3.8) is 0 Å². The average molecular weight is 381 g/mol. The lowest BCUT2D eigenvalue weighted by molar-refractivity contribution is -0.108. The van der Waals surface area contributed by atoms with E-state index in [-0.39, 0.29) is 17.2 Å². The molecule has 0 saturated carbocycles. The van der Waals surface area contributed by atoms with Crippen LogP contribution >= 0.6 is 0 Å². The predicted molar refractivity (Wildman–Crippen MR) is 113 cm³/mol. The summed E-state index contributed by atoms with van der Waals surface area (Å²) in [6.45, 7) is 23.2. The second kappa shape index (κ2) is 9.47. The van der Waals surface area contributed by atoms with E-state index < -0.39 is 8.32 Å². The topological polar surface area (TPSA) is 38.8 Å². The number of hydrogen-bond acceptors (Lipinski definition) is 3. The zero-order valence-electron chi connectivity index (χ0n) is 18.2. The van der Waals surface area contributed by atoms with E-state index in [0.717, 1.165) is 37.7 Å². The van der Waals surface area contributed by atoms with E-state index in [1.54, 1.807) is 0 Å². The van der Waals surface area contributed by atoms with Gasteiger partial charge in [0.05, 0.1) is 6.10 Å². The van der Waals surface area contributed by atoms with Gasteiger partial charge in [-0.2, -0.15) is 0 Å². The summed E-state index contributed by atoms with van der Waals surface area (Å²) in [7, 11) is -1.65. The normalized spacial score (nSPS) is 23.5. The monoisotopic (exact) mass is 380 g/mol. The van der Waals surface area contributed by atoms with Crippen LogP contribution in [-0.4, -0.2) is 33.4 Å². The Labute approximate surface area is 162 Å². The molecular weight excluding hydrogens is 340 g/mol. The third-order valence-electron chi connectivity index (χ3n) is 6.03. The first kappa shape index (κ1) is 23.3. The highest BCUT2D eigenvalue weighted by atomic mass is 28.4. The Morgan fingerprint density at radius 1 is 1.31 bits per heavy atom. The Morgan fingerprint density at radius 3 is 2.42 bits per heavy atom. The highest BCUT2D eigenvalue weighted by Gasteiger charge is 2.39. The molecule has 0 aromatic carbocycles. The van der Waals surface area contributed by atoms with Crippen LogP contribution in [0.25, 0.3) is 0 Å². The fraction of sp³-hybridized carbons (Fsp3) is 0.773. The number of hydrogen-bond donors (Lipinski definition) is 0. The summed E-state index contributed by atoms with van der Waals surface area (Å²) < 4.78 is 11.6. The molecule has 1 heterocycles. The number of rotatable bonds is 11. The molecule has 26 heavy (non-hydrogen) atoms. The molecule has 0 aliphatic carbocycles. The van der Waals surface area contributed by atoms with Gasteiger partial charge in [-0.25, -0.2) is 0 Å². The molecule has 0 spiro atoms. The molecule has 1 saturated heterocycles. The lowest BCUT2D eigenvalue weighted by atomic mass is 9.92. The molecule has 1 aliphatic rings. The van der Waals surface area contributed by atoms with Crippen LogP contribution in [0.4, 0.5) is 0 Å². The minimum atomic E-state index is -1.65. The van der Waals surface area contributed by atoms with Crippen molar-refractivity contribution in [2.75, 3.05) is 6.61 Å². The third-order valence-corrected chi connectivity index (χ3v) is 10.6. The van der Waals surface area contributed by atoms with Crippen molar-refractivity contribution in [1.29, 1.82) is 0 Å². The van der Waals surface area contributed by atoms with Crippen LogP contribution in [0.3, 0.4) is 0 Å². The van der Waals surface area contributed by atoms with E-state index in [1.807, 2.05) is 0 Å². The van der Waals surface area contributed by atoms with Crippen molar-refractivity contribution in [3.05, 3.63) is 23.8 Å². The van der Waals surface area contributed by atoms with Crippen LogP contribution in [0, 0.1) is 11.8 Å². The van der Waals surface area contributed by atoms with Crippen LogP contribution in [0.1, 0.15) is 60.8 Å². The number of aldehydes is 1. The van der Waals surface area contributed by atoms with Gasteiger partial charge in [0.1, 0.15) is 6.10 Å². The molecular formula is C22H40O3Si. The van der Waals surface area contributed by atoms with Gasteiger partial charge < -0.3 is 14.0 Å². The first-order valence-electron chi connectivity index (χ1n) is 9.98. The van der Waals surface area contributed by atoms with Crippen molar-refractivity contribution in [3.8, 4) is 0 Å².